The molecule has 70 valence electrons. The molecule has 0 spiro atoms. The molecular formula is C9H17NO2. The molecular weight excluding hydrogens is 154 g/mol. The SMILES string of the molecule is C1COCC(CC2NCCO2)C1. The summed E-state index contributed by atoms with van der Waals surface area (Å²) >= 11 is 0. The summed E-state index contributed by atoms with van der Waals surface area (Å²) in [5.74, 6) is 0.717. The van der Waals surface area contributed by atoms with Crippen LogP contribution in [0.15, 0.2) is 0 Å². The maximum Gasteiger partial charge on any atom is 0.108 e. The number of ether oxygens (including phenoxy) is 2. The van der Waals surface area contributed by atoms with Crippen LogP contribution >= 0.6 is 0 Å². The molecule has 2 saturated heterocycles. The fourth-order valence-electron chi connectivity index (χ4n) is 1.93. The molecule has 0 aromatic rings. The Balaban J connectivity index is 1.69. The zero-order chi connectivity index (χ0) is 8.23. The van der Waals surface area contributed by atoms with Crippen LogP contribution < -0.4 is 5.32 Å². The molecule has 0 aromatic carbocycles. The van der Waals surface area contributed by atoms with Gasteiger partial charge in [-0.05, 0) is 25.2 Å². The van der Waals surface area contributed by atoms with Gasteiger partial charge in [0, 0.05) is 19.8 Å². The van der Waals surface area contributed by atoms with Crippen LogP contribution in [0, 0.1) is 5.92 Å². The minimum Gasteiger partial charge on any atom is -0.381 e. The second-order valence-electron chi connectivity index (χ2n) is 3.63. The van der Waals surface area contributed by atoms with Gasteiger partial charge in [-0.3, -0.25) is 5.32 Å². The molecule has 2 aliphatic rings. The average molecular weight is 171 g/mol. The predicted octanol–water partition coefficient (Wildman–Crippen LogP) is 0.749. The van der Waals surface area contributed by atoms with E-state index >= 15 is 0 Å². The monoisotopic (exact) mass is 171 g/mol. The van der Waals surface area contributed by atoms with E-state index in [1.54, 1.807) is 0 Å². The standard InChI is InChI=1S/C9H17NO2/c1-2-8(7-11-4-1)6-9-10-3-5-12-9/h8-10H,1-7H2. The molecule has 2 aliphatic heterocycles. The lowest BCUT2D eigenvalue weighted by molar-refractivity contribution is 0.0163. The lowest BCUT2D eigenvalue weighted by Crippen LogP contribution is -2.29. The third kappa shape index (κ3) is 2.19. The highest BCUT2D eigenvalue weighted by molar-refractivity contribution is 4.70. The van der Waals surface area contributed by atoms with Crippen LogP contribution in [-0.4, -0.2) is 32.6 Å². The quantitative estimate of drug-likeness (QED) is 0.665. The van der Waals surface area contributed by atoms with Crippen LogP contribution in [0.1, 0.15) is 19.3 Å². The van der Waals surface area contributed by atoms with E-state index in [1.807, 2.05) is 0 Å². The van der Waals surface area contributed by atoms with Crippen LogP contribution in [0.5, 0.6) is 0 Å². The Kier molecular flexibility index (Phi) is 2.98. The molecule has 12 heavy (non-hydrogen) atoms. The van der Waals surface area contributed by atoms with Gasteiger partial charge in [0.05, 0.1) is 6.61 Å². The molecule has 2 heterocycles. The molecule has 2 unspecified atom stereocenters. The first kappa shape index (κ1) is 8.48. The molecule has 0 bridgehead atoms. The summed E-state index contributed by atoms with van der Waals surface area (Å²) in [6.07, 6.45) is 3.95. The molecule has 0 aliphatic carbocycles. The molecule has 2 rings (SSSR count). The minimum atomic E-state index is 0.302. The molecule has 1 N–H and O–H groups in total. The number of rotatable bonds is 2. The Hall–Kier alpha value is -0.120. The van der Waals surface area contributed by atoms with Crippen LogP contribution in [0.2, 0.25) is 0 Å². The normalized spacial score (nSPS) is 37.0. The summed E-state index contributed by atoms with van der Waals surface area (Å²) < 4.78 is 10.9. The summed E-state index contributed by atoms with van der Waals surface area (Å²) in [7, 11) is 0. The summed E-state index contributed by atoms with van der Waals surface area (Å²) in [6.45, 7) is 3.77. The lowest BCUT2D eigenvalue weighted by Gasteiger charge is -2.24. The summed E-state index contributed by atoms with van der Waals surface area (Å²) in [4.78, 5) is 0. The Morgan fingerprint density at radius 2 is 2.33 bits per heavy atom. The molecule has 0 saturated carbocycles. The van der Waals surface area contributed by atoms with E-state index in [1.165, 1.54) is 12.8 Å². The van der Waals surface area contributed by atoms with E-state index in [4.69, 9.17) is 9.47 Å². The van der Waals surface area contributed by atoms with E-state index in [9.17, 15) is 0 Å². The summed E-state index contributed by atoms with van der Waals surface area (Å²) in [6, 6.07) is 0. The van der Waals surface area contributed by atoms with E-state index in [0.29, 0.717) is 12.1 Å². The van der Waals surface area contributed by atoms with Crippen molar-refractivity contribution < 1.29 is 9.47 Å². The van der Waals surface area contributed by atoms with Crippen molar-refractivity contribution in [2.45, 2.75) is 25.5 Å². The third-order valence-electron chi connectivity index (χ3n) is 2.60. The number of hydrogen-bond donors (Lipinski definition) is 1. The third-order valence-corrected chi connectivity index (χ3v) is 2.60. The van der Waals surface area contributed by atoms with E-state index in [2.05, 4.69) is 5.32 Å². The van der Waals surface area contributed by atoms with Crippen LogP contribution in [0.25, 0.3) is 0 Å². The van der Waals surface area contributed by atoms with Gasteiger partial charge in [-0.25, -0.2) is 0 Å². The molecule has 0 radical (unpaired) electrons. The van der Waals surface area contributed by atoms with Gasteiger partial charge in [0.25, 0.3) is 0 Å². The first-order chi connectivity index (χ1) is 5.95. The van der Waals surface area contributed by atoms with Gasteiger partial charge in [-0.1, -0.05) is 0 Å². The fourth-order valence-corrected chi connectivity index (χ4v) is 1.93. The van der Waals surface area contributed by atoms with Gasteiger partial charge in [0.15, 0.2) is 0 Å². The van der Waals surface area contributed by atoms with Crippen molar-refractivity contribution in [1.29, 1.82) is 0 Å². The van der Waals surface area contributed by atoms with Crippen LogP contribution in [0.3, 0.4) is 0 Å². The minimum absolute atomic E-state index is 0.302. The van der Waals surface area contributed by atoms with Crippen LogP contribution in [-0.2, 0) is 9.47 Å². The van der Waals surface area contributed by atoms with Crippen molar-refractivity contribution in [3.63, 3.8) is 0 Å². The highest BCUT2D eigenvalue weighted by atomic mass is 16.5. The largest absolute Gasteiger partial charge is 0.381 e. The summed E-state index contributed by atoms with van der Waals surface area (Å²) in [5, 5.41) is 3.33. The maximum absolute atomic E-state index is 5.49. The Morgan fingerprint density at radius 3 is 3.00 bits per heavy atom. The number of hydrogen-bond acceptors (Lipinski definition) is 3. The zero-order valence-electron chi connectivity index (χ0n) is 7.42. The van der Waals surface area contributed by atoms with Crippen molar-refractivity contribution in [3.05, 3.63) is 0 Å². The molecule has 0 amide bonds. The first-order valence-corrected chi connectivity index (χ1v) is 4.88. The van der Waals surface area contributed by atoms with Crippen molar-refractivity contribution in [3.8, 4) is 0 Å². The van der Waals surface area contributed by atoms with Crippen molar-refractivity contribution in [1.82, 2.24) is 5.32 Å². The molecule has 2 fully saturated rings. The Labute approximate surface area is 73.4 Å². The topological polar surface area (TPSA) is 30.5 Å². The van der Waals surface area contributed by atoms with Gasteiger partial charge in [0.1, 0.15) is 6.23 Å². The van der Waals surface area contributed by atoms with E-state index < -0.39 is 0 Å². The summed E-state index contributed by atoms with van der Waals surface area (Å²) in [5.41, 5.74) is 0. The fraction of sp³-hybridized carbons (Fsp3) is 1.00. The van der Waals surface area contributed by atoms with Crippen LogP contribution in [0.4, 0.5) is 0 Å². The smallest absolute Gasteiger partial charge is 0.108 e. The average Bonchev–Trinajstić information content (AvgIpc) is 2.59. The van der Waals surface area contributed by atoms with Gasteiger partial charge < -0.3 is 9.47 Å². The van der Waals surface area contributed by atoms with Crippen molar-refractivity contribution >= 4 is 0 Å². The lowest BCUT2D eigenvalue weighted by atomic mass is 9.98. The second kappa shape index (κ2) is 4.21. The molecule has 0 aromatic heterocycles. The second-order valence-corrected chi connectivity index (χ2v) is 3.63. The highest BCUT2D eigenvalue weighted by Gasteiger charge is 2.21. The van der Waals surface area contributed by atoms with E-state index in [0.717, 1.165) is 32.8 Å². The zero-order valence-corrected chi connectivity index (χ0v) is 7.42. The highest BCUT2D eigenvalue weighted by Crippen LogP contribution is 2.20. The molecule has 2 atom stereocenters. The van der Waals surface area contributed by atoms with Gasteiger partial charge >= 0.3 is 0 Å². The predicted molar refractivity (Wildman–Crippen MR) is 45.9 cm³/mol. The van der Waals surface area contributed by atoms with Gasteiger partial charge in [-0.2, -0.15) is 0 Å². The first-order valence-electron chi connectivity index (χ1n) is 4.88. The van der Waals surface area contributed by atoms with Crippen molar-refractivity contribution in [2.24, 2.45) is 5.92 Å². The van der Waals surface area contributed by atoms with Crippen molar-refractivity contribution in [2.75, 3.05) is 26.4 Å². The number of nitrogens with one attached hydrogen (secondary N) is 1. The van der Waals surface area contributed by atoms with E-state index in [-0.39, 0.29) is 0 Å². The van der Waals surface area contributed by atoms with Gasteiger partial charge in [-0.15, -0.1) is 0 Å². The maximum atomic E-state index is 5.49. The molecule has 3 heteroatoms. The Morgan fingerprint density at radius 1 is 1.33 bits per heavy atom. The van der Waals surface area contributed by atoms with Gasteiger partial charge in [0.2, 0.25) is 0 Å². The molecule has 3 nitrogen and oxygen atoms in total. The Bertz CT molecular complexity index is 128.